The molecule has 24 heavy (non-hydrogen) atoms. The minimum absolute atomic E-state index is 0.0133. The van der Waals surface area contributed by atoms with Crippen LogP contribution < -0.4 is 5.32 Å². The second kappa shape index (κ2) is 5.57. The van der Waals surface area contributed by atoms with Crippen LogP contribution in [0.1, 0.15) is 68.4 Å². The third-order valence-electron chi connectivity index (χ3n) is 5.88. The number of likely N-dealkylation sites (tertiary alicyclic amines) is 1. The van der Waals surface area contributed by atoms with E-state index in [2.05, 4.69) is 22.4 Å². The zero-order valence-corrected chi connectivity index (χ0v) is 14.2. The van der Waals surface area contributed by atoms with Gasteiger partial charge in [0.25, 0.3) is 11.7 Å². The van der Waals surface area contributed by atoms with Crippen molar-refractivity contribution in [2.75, 3.05) is 13.1 Å². The Morgan fingerprint density at radius 2 is 1.96 bits per heavy atom. The molecule has 1 N–H and O–H groups in total. The Balaban J connectivity index is 1.31. The lowest BCUT2D eigenvalue weighted by molar-refractivity contribution is -0.134. The van der Waals surface area contributed by atoms with Crippen LogP contribution in [0.25, 0.3) is 0 Å². The number of nitrogens with one attached hydrogen (secondary N) is 1. The molecule has 2 saturated carbocycles. The van der Waals surface area contributed by atoms with Gasteiger partial charge in [0.15, 0.2) is 0 Å². The number of hydrogen-bond donors (Lipinski definition) is 1. The zero-order valence-electron chi connectivity index (χ0n) is 14.2. The third kappa shape index (κ3) is 2.91. The molecule has 1 aliphatic heterocycles. The van der Waals surface area contributed by atoms with Crippen molar-refractivity contribution >= 4 is 11.8 Å². The second-order valence-corrected chi connectivity index (χ2v) is 7.80. The molecule has 2 aliphatic carbocycles. The van der Waals surface area contributed by atoms with Crippen LogP contribution in [0.2, 0.25) is 0 Å². The topological polar surface area (TPSA) is 88.3 Å². The van der Waals surface area contributed by atoms with Crippen molar-refractivity contribution in [3.63, 3.8) is 0 Å². The van der Waals surface area contributed by atoms with Crippen molar-refractivity contribution in [2.24, 2.45) is 11.3 Å². The van der Waals surface area contributed by atoms with Gasteiger partial charge in [0.2, 0.25) is 11.8 Å². The van der Waals surface area contributed by atoms with Crippen LogP contribution >= 0.6 is 0 Å². The highest BCUT2D eigenvalue weighted by Crippen LogP contribution is 2.53. The molecule has 7 heteroatoms. The average Bonchev–Trinajstić information content (AvgIpc) is 3.44. The minimum Gasteiger partial charge on any atom is -0.341 e. The largest absolute Gasteiger partial charge is 0.341 e. The fourth-order valence-corrected chi connectivity index (χ4v) is 3.62. The molecule has 3 unspecified atom stereocenters. The third-order valence-corrected chi connectivity index (χ3v) is 5.88. The Hall–Kier alpha value is -1.92. The van der Waals surface area contributed by atoms with Crippen molar-refractivity contribution in [1.82, 2.24) is 20.4 Å². The van der Waals surface area contributed by atoms with Gasteiger partial charge >= 0.3 is 0 Å². The van der Waals surface area contributed by atoms with E-state index in [1.807, 2.05) is 4.90 Å². The standard InChI is InChI=1S/C17H24N4O3/c1-10-9-12(10)15-19-13(20-24-15)14(22)18-11(2)16(23)21-7-5-17(3-4-17)6-8-21/h10-12H,3-9H2,1-2H3,(H,18,22). The molecule has 1 spiro atoms. The molecule has 1 aromatic heterocycles. The van der Waals surface area contributed by atoms with Crippen LogP contribution in [-0.2, 0) is 4.79 Å². The number of carbonyl (C=O) groups excluding carboxylic acids is 2. The summed E-state index contributed by atoms with van der Waals surface area (Å²) in [5.74, 6) is 0.877. The molecular weight excluding hydrogens is 308 g/mol. The Kier molecular flexibility index (Phi) is 3.62. The molecule has 0 radical (unpaired) electrons. The highest BCUT2D eigenvalue weighted by molar-refractivity contribution is 5.94. The van der Waals surface area contributed by atoms with Gasteiger partial charge in [0, 0.05) is 19.0 Å². The van der Waals surface area contributed by atoms with Gasteiger partial charge in [-0.1, -0.05) is 12.1 Å². The molecule has 2 amide bonds. The molecule has 2 heterocycles. The van der Waals surface area contributed by atoms with E-state index in [1.54, 1.807) is 6.92 Å². The predicted octanol–water partition coefficient (Wildman–Crippen LogP) is 1.71. The van der Waals surface area contributed by atoms with E-state index in [-0.39, 0.29) is 17.6 Å². The monoisotopic (exact) mass is 332 g/mol. The summed E-state index contributed by atoms with van der Waals surface area (Å²) in [5.41, 5.74) is 0.532. The zero-order chi connectivity index (χ0) is 16.9. The Morgan fingerprint density at radius 3 is 2.54 bits per heavy atom. The number of hydrogen-bond acceptors (Lipinski definition) is 5. The van der Waals surface area contributed by atoms with E-state index in [0.29, 0.717) is 17.2 Å². The molecule has 3 aliphatic rings. The van der Waals surface area contributed by atoms with E-state index in [0.717, 1.165) is 32.4 Å². The lowest BCUT2D eigenvalue weighted by atomic mass is 9.93. The maximum absolute atomic E-state index is 12.5. The minimum atomic E-state index is -0.576. The lowest BCUT2D eigenvalue weighted by Gasteiger charge is -2.33. The predicted molar refractivity (Wildman–Crippen MR) is 85.2 cm³/mol. The highest BCUT2D eigenvalue weighted by Gasteiger charge is 2.45. The second-order valence-electron chi connectivity index (χ2n) is 7.80. The molecule has 0 aromatic carbocycles. The first-order valence-corrected chi connectivity index (χ1v) is 8.91. The Labute approximate surface area is 141 Å². The van der Waals surface area contributed by atoms with Crippen LogP contribution in [0.3, 0.4) is 0 Å². The number of carbonyl (C=O) groups is 2. The van der Waals surface area contributed by atoms with E-state index in [1.165, 1.54) is 12.8 Å². The van der Waals surface area contributed by atoms with Crippen LogP contribution in [0, 0.1) is 11.3 Å². The molecule has 3 atom stereocenters. The first-order chi connectivity index (χ1) is 11.5. The molecule has 3 fully saturated rings. The van der Waals surface area contributed by atoms with Gasteiger partial charge in [-0.25, -0.2) is 0 Å². The first kappa shape index (κ1) is 15.6. The van der Waals surface area contributed by atoms with Crippen LogP contribution in [0.15, 0.2) is 4.52 Å². The summed E-state index contributed by atoms with van der Waals surface area (Å²) < 4.78 is 5.15. The highest BCUT2D eigenvalue weighted by atomic mass is 16.5. The number of piperidine rings is 1. The fraction of sp³-hybridized carbons (Fsp3) is 0.765. The fourth-order valence-electron chi connectivity index (χ4n) is 3.62. The van der Waals surface area contributed by atoms with Gasteiger partial charge < -0.3 is 14.7 Å². The number of aromatic nitrogens is 2. The Bertz CT molecular complexity index is 657. The summed E-state index contributed by atoms with van der Waals surface area (Å²) in [7, 11) is 0. The van der Waals surface area contributed by atoms with Crippen molar-refractivity contribution in [2.45, 2.75) is 57.9 Å². The van der Waals surface area contributed by atoms with Gasteiger partial charge in [0.05, 0.1) is 0 Å². The summed E-state index contributed by atoms with van der Waals surface area (Å²) in [6.45, 7) is 5.42. The van der Waals surface area contributed by atoms with Gasteiger partial charge in [-0.3, -0.25) is 9.59 Å². The van der Waals surface area contributed by atoms with Crippen LogP contribution in [0.4, 0.5) is 0 Å². The summed E-state index contributed by atoms with van der Waals surface area (Å²) in [5, 5.41) is 6.44. The number of rotatable bonds is 4. The lowest BCUT2D eigenvalue weighted by Crippen LogP contribution is -2.49. The summed E-state index contributed by atoms with van der Waals surface area (Å²) in [6, 6.07) is -0.576. The van der Waals surface area contributed by atoms with E-state index in [9.17, 15) is 9.59 Å². The average molecular weight is 332 g/mol. The normalized spacial score (nSPS) is 28.5. The van der Waals surface area contributed by atoms with Gasteiger partial charge in [-0.05, 0) is 50.4 Å². The SMILES string of the molecule is CC(NC(=O)c1noc(C2CC2C)n1)C(=O)N1CCC2(CC1)CC2. The van der Waals surface area contributed by atoms with Crippen LogP contribution in [-0.4, -0.2) is 46.0 Å². The summed E-state index contributed by atoms with van der Waals surface area (Å²) >= 11 is 0. The van der Waals surface area contributed by atoms with Crippen molar-refractivity contribution < 1.29 is 14.1 Å². The van der Waals surface area contributed by atoms with Gasteiger partial charge in [-0.15, -0.1) is 0 Å². The molecule has 1 aromatic rings. The number of nitrogens with zero attached hydrogens (tertiary/aromatic N) is 3. The quantitative estimate of drug-likeness (QED) is 0.907. The maximum atomic E-state index is 12.5. The molecule has 130 valence electrons. The molecule has 4 rings (SSSR count). The molecule has 7 nitrogen and oxygen atoms in total. The maximum Gasteiger partial charge on any atom is 0.293 e. The summed E-state index contributed by atoms with van der Waals surface area (Å²) in [4.78, 5) is 30.8. The molecule has 0 bridgehead atoms. The Morgan fingerprint density at radius 1 is 1.29 bits per heavy atom. The van der Waals surface area contributed by atoms with Gasteiger partial charge in [-0.2, -0.15) is 4.98 Å². The molecule has 1 saturated heterocycles. The van der Waals surface area contributed by atoms with Crippen molar-refractivity contribution in [3.8, 4) is 0 Å². The van der Waals surface area contributed by atoms with Crippen LogP contribution in [0.5, 0.6) is 0 Å². The first-order valence-electron chi connectivity index (χ1n) is 8.91. The van der Waals surface area contributed by atoms with E-state index in [4.69, 9.17) is 4.52 Å². The number of amides is 2. The van der Waals surface area contributed by atoms with E-state index >= 15 is 0 Å². The smallest absolute Gasteiger partial charge is 0.293 e. The van der Waals surface area contributed by atoms with Crippen molar-refractivity contribution in [1.29, 1.82) is 0 Å². The molecular formula is C17H24N4O3. The summed E-state index contributed by atoms with van der Waals surface area (Å²) in [6.07, 6.45) is 5.82. The van der Waals surface area contributed by atoms with Gasteiger partial charge in [0.1, 0.15) is 6.04 Å². The van der Waals surface area contributed by atoms with E-state index < -0.39 is 11.9 Å². The van der Waals surface area contributed by atoms with Crippen molar-refractivity contribution in [3.05, 3.63) is 11.7 Å².